The maximum atomic E-state index is 12.2. The first kappa shape index (κ1) is 17.7. The number of anilines is 1. The number of aromatic nitrogens is 3. The van der Waals surface area contributed by atoms with Gasteiger partial charge in [0, 0.05) is 32.0 Å². The molecule has 0 spiro atoms. The van der Waals surface area contributed by atoms with Gasteiger partial charge in [-0.05, 0) is 18.1 Å². The van der Waals surface area contributed by atoms with Crippen LogP contribution in [0.5, 0.6) is 0 Å². The van der Waals surface area contributed by atoms with Crippen LogP contribution >= 0.6 is 11.3 Å². The summed E-state index contributed by atoms with van der Waals surface area (Å²) in [5, 5.41) is 15.0. The monoisotopic (exact) mass is 362 g/mol. The average molecular weight is 362 g/mol. The molecule has 0 saturated carbocycles. The van der Waals surface area contributed by atoms with Crippen molar-refractivity contribution in [2.75, 3.05) is 38.2 Å². The average Bonchev–Trinajstić information content (AvgIpc) is 3.11. The van der Waals surface area contributed by atoms with Crippen LogP contribution < -0.4 is 10.6 Å². The number of aryl methyl sites for hydroxylation is 1. The van der Waals surface area contributed by atoms with E-state index in [0.29, 0.717) is 24.9 Å². The van der Waals surface area contributed by atoms with Gasteiger partial charge in [0.05, 0.1) is 19.3 Å². The van der Waals surface area contributed by atoms with Crippen molar-refractivity contribution in [1.29, 1.82) is 0 Å². The molecule has 8 nitrogen and oxygen atoms in total. The zero-order chi connectivity index (χ0) is 17.5. The Kier molecular flexibility index (Phi) is 6.26. The number of nitrogens with one attached hydrogen (secondary N) is 2. The summed E-state index contributed by atoms with van der Waals surface area (Å²) in [6, 6.07) is 3.73. The molecule has 3 heterocycles. The third-order valence-corrected chi connectivity index (χ3v) is 4.98. The molecule has 3 rings (SSSR count). The number of urea groups is 1. The van der Waals surface area contributed by atoms with E-state index < -0.39 is 0 Å². The Morgan fingerprint density at radius 2 is 2.24 bits per heavy atom. The molecule has 0 radical (unpaired) electrons. The van der Waals surface area contributed by atoms with E-state index in [4.69, 9.17) is 4.74 Å². The fourth-order valence-electron chi connectivity index (χ4n) is 2.70. The molecule has 1 atom stereocenters. The molecular weight excluding hydrogens is 340 g/mol. The Morgan fingerprint density at radius 1 is 1.40 bits per heavy atom. The zero-order valence-corrected chi connectivity index (χ0v) is 15.0. The molecule has 2 amide bonds. The molecule has 0 bridgehead atoms. The molecule has 9 heteroatoms. The van der Waals surface area contributed by atoms with Crippen LogP contribution in [0.15, 0.2) is 24.5 Å². The number of pyridine rings is 1. The van der Waals surface area contributed by atoms with Crippen molar-refractivity contribution < 1.29 is 9.53 Å². The summed E-state index contributed by atoms with van der Waals surface area (Å²) in [5.74, 6) is 0. The van der Waals surface area contributed by atoms with Gasteiger partial charge in [-0.3, -0.25) is 15.2 Å². The number of amides is 2. The van der Waals surface area contributed by atoms with Gasteiger partial charge >= 0.3 is 6.03 Å². The summed E-state index contributed by atoms with van der Waals surface area (Å²) in [4.78, 5) is 18.7. The lowest BCUT2D eigenvalue weighted by atomic mass is 10.1. The highest BCUT2D eigenvalue weighted by Gasteiger charge is 2.23. The van der Waals surface area contributed by atoms with Gasteiger partial charge < -0.3 is 10.1 Å². The van der Waals surface area contributed by atoms with Gasteiger partial charge in [-0.1, -0.05) is 24.3 Å². The quantitative estimate of drug-likeness (QED) is 0.812. The number of nitrogens with zero attached hydrogens (tertiary/aromatic N) is 4. The number of ether oxygens (including phenoxy) is 1. The zero-order valence-electron chi connectivity index (χ0n) is 14.1. The number of rotatable bonds is 6. The fraction of sp³-hybridized carbons (Fsp3) is 0.500. The van der Waals surface area contributed by atoms with Crippen LogP contribution in [-0.2, 0) is 11.2 Å². The Morgan fingerprint density at radius 3 is 2.92 bits per heavy atom. The van der Waals surface area contributed by atoms with Crippen molar-refractivity contribution in [2.45, 2.75) is 19.4 Å². The Bertz CT molecular complexity index is 674. The van der Waals surface area contributed by atoms with Crippen LogP contribution in [0.4, 0.5) is 9.93 Å². The fourth-order valence-corrected chi connectivity index (χ4v) is 3.37. The number of hydrogen-bond donors (Lipinski definition) is 2. The highest BCUT2D eigenvalue weighted by atomic mass is 32.1. The molecule has 0 aliphatic carbocycles. The van der Waals surface area contributed by atoms with Gasteiger partial charge in [0.25, 0.3) is 0 Å². The van der Waals surface area contributed by atoms with E-state index in [0.717, 1.165) is 30.1 Å². The summed E-state index contributed by atoms with van der Waals surface area (Å²) in [6.07, 6.45) is 4.40. The third kappa shape index (κ3) is 4.94. The number of hydrogen-bond acceptors (Lipinski definition) is 7. The summed E-state index contributed by atoms with van der Waals surface area (Å²) < 4.78 is 5.43. The van der Waals surface area contributed by atoms with Crippen LogP contribution in [0.25, 0.3) is 0 Å². The lowest BCUT2D eigenvalue weighted by Crippen LogP contribution is -2.44. The Balaban J connectivity index is 1.60. The number of morpholine rings is 1. The second-order valence-electron chi connectivity index (χ2n) is 5.64. The van der Waals surface area contributed by atoms with Crippen LogP contribution in [0, 0.1) is 0 Å². The first-order valence-corrected chi connectivity index (χ1v) is 9.17. The second-order valence-corrected chi connectivity index (χ2v) is 6.70. The molecule has 0 aromatic carbocycles. The number of carbonyl (C=O) groups is 1. The molecule has 2 N–H and O–H groups in total. The molecule has 1 unspecified atom stereocenters. The van der Waals surface area contributed by atoms with E-state index in [1.807, 2.05) is 25.3 Å². The molecule has 1 aliphatic heterocycles. The number of carbonyl (C=O) groups excluding carboxylic acids is 1. The molecule has 2 aromatic rings. The van der Waals surface area contributed by atoms with Crippen LogP contribution in [0.2, 0.25) is 0 Å². The van der Waals surface area contributed by atoms with Crippen molar-refractivity contribution in [3.8, 4) is 0 Å². The Hall–Kier alpha value is -2.10. The minimum absolute atomic E-state index is 0.0592. The van der Waals surface area contributed by atoms with E-state index in [1.54, 1.807) is 6.20 Å². The van der Waals surface area contributed by atoms with E-state index >= 15 is 0 Å². The summed E-state index contributed by atoms with van der Waals surface area (Å²) in [6.45, 7) is 5.56. The smallest absolute Gasteiger partial charge is 0.321 e. The van der Waals surface area contributed by atoms with E-state index in [-0.39, 0.29) is 12.1 Å². The van der Waals surface area contributed by atoms with Crippen LogP contribution in [-0.4, -0.2) is 59.0 Å². The molecule has 1 aliphatic rings. The van der Waals surface area contributed by atoms with Crippen molar-refractivity contribution in [2.24, 2.45) is 0 Å². The molecule has 2 aromatic heterocycles. The largest absolute Gasteiger partial charge is 0.379 e. The first-order valence-electron chi connectivity index (χ1n) is 8.35. The third-order valence-electron chi connectivity index (χ3n) is 4.00. The van der Waals surface area contributed by atoms with Gasteiger partial charge in [-0.15, -0.1) is 10.2 Å². The van der Waals surface area contributed by atoms with E-state index in [2.05, 4.69) is 30.7 Å². The van der Waals surface area contributed by atoms with Crippen molar-refractivity contribution in [3.05, 3.63) is 35.1 Å². The van der Waals surface area contributed by atoms with E-state index in [9.17, 15) is 4.79 Å². The predicted molar refractivity (Wildman–Crippen MR) is 95.7 cm³/mol. The van der Waals surface area contributed by atoms with Gasteiger partial charge in [-0.25, -0.2) is 4.79 Å². The lowest BCUT2D eigenvalue weighted by Gasteiger charge is -2.34. The second kappa shape index (κ2) is 8.84. The van der Waals surface area contributed by atoms with Crippen molar-refractivity contribution >= 4 is 22.5 Å². The maximum absolute atomic E-state index is 12.2. The highest BCUT2D eigenvalue weighted by molar-refractivity contribution is 7.15. The molecular formula is C16H22N6O2S. The van der Waals surface area contributed by atoms with Gasteiger partial charge in [0.2, 0.25) is 5.13 Å². The van der Waals surface area contributed by atoms with Crippen molar-refractivity contribution in [3.63, 3.8) is 0 Å². The van der Waals surface area contributed by atoms with Crippen LogP contribution in [0.3, 0.4) is 0 Å². The first-order chi connectivity index (χ1) is 12.3. The van der Waals surface area contributed by atoms with Crippen LogP contribution in [0.1, 0.15) is 23.5 Å². The van der Waals surface area contributed by atoms with Gasteiger partial charge in [-0.2, -0.15) is 0 Å². The van der Waals surface area contributed by atoms with Crippen molar-refractivity contribution in [1.82, 2.24) is 25.4 Å². The van der Waals surface area contributed by atoms with E-state index in [1.165, 1.54) is 11.3 Å². The van der Waals surface area contributed by atoms with Gasteiger partial charge in [0.15, 0.2) is 0 Å². The highest BCUT2D eigenvalue weighted by Crippen LogP contribution is 2.20. The SMILES string of the molecule is CCc1nnc(NC(=O)NCC(c2cccnc2)N2CCOCC2)s1. The Labute approximate surface area is 150 Å². The maximum Gasteiger partial charge on any atom is 0.321 e. The summed E-state index contributed by atoms with van der Waals surface area (Å²) in [7, 11) is 0. The molecule has 25 heavy (non-hydrogen) atoms. The minimum atomic E-state index is -0.277. The minimum Gasteiger partial charge on any atom is -0.379 e. The molecule has 1 saturated heterocycles. The lowest BCUT2D eigenvalue weighted by molar-refractivity contribution is 0.0167. The topological polar surface area (TPSA) is 92.3 Å². The summed E-state index contributed by atoms with van der Waals surface area (Å²) in [5.41, 5.74) is 1.08. The standard InChI is InChI=1S/C16H22N6O2S/c1-2-14-20-21-16(25-14)19-15(23)18-11-13(12-4-3-5-17-10-12)22-6-8-24-9-7-22/h3-5,10,13H,2,6-9,11H2,1H3,(H2,18,19,21,23). The normalized spacial score (nSPS) is 16.4. The predicted octanol–water partition coefficient (Wildman–Crippen LogP) is 1.69. The molecule has 1 fully saturated rings. The molecule has 134 valence electrons. The summed E-state index contributed by atoms with van der Waals surface area (Å²) >= 11 is 1.39. The van der Waals surface area contributed by atoms with Gasteiger partial charge in [0.1, 0.15) is 5.01 Å².